The highest BCUT2D eigenvalue weighted by atomic mass is 16.5. The Morgan fingerprint density at radius 3 is 2.39 bits per heavy atom. The number of carbonyl (C=O) groups is 1. The average Bonchev–Trinajstić information content (AvgIpc) is 2.61. The summed E-state index contributed by atoms with van der Waals surface area (Å²) < 4.78 is 5.92. The molecule has 1 N–H and O–H groups in total. The van der Waals surface area contributed by atoms with Gasteiger partial charge in [0.05, 0.1) is 5.56 Å². The number of carbonyl (C=O) groups excluding carboxylic acids is 1. The van der Waals surface area contributed by atoms with Gasteiger partial charge < -0.3 is 9.84 Å². The summed E-state index contributed by atoms with van der Waals surface area (Å²) in [4.78, 5) is 10.8. The van der Waals surface area contributed by atoms with E-state index in [1.807, 2.05) is 54.6 Å². The van der Waals surface area contributed by atoms with Gasteiger partial charge in [-0.05, 0) is 29.3 Å². The third kappa shape index (κ3) is 3.40. The highest BCUT2D eigenvalue weighted by molar-refractivity contribution is 5.82. The normalized spacial score (nSPS) is 10.3. The molecule has 0 spiro atoms. The molecule has 23 heavy (non-hydrogen) atoms. The van der Waals surface area contributed by atoms with Crippen LogP contribution in [0.15, 0.2) is 72.8 Å². The van der Waals surface area contributed by atoms with Crippen LogP contribution in [0.2, 0.25) is 0 Å². The molecule has 0 aliphatic carbocycles. The van der Waals surface area contributed by atoms with Gasteiger partial charge >= 0.3 is 0 Å². The molecule has 0 atom stereocenters. The van der Waals surface area contributed by atoms with Crippen LogP contribution in [0.5, 0.6) is 11.5 Å². The number of para-hydroxylation sites is 1. The molecule has 3 aromatic rings. The fraction of sp³-hybridized carbons (Fsp3) is 0.0500. The summed E-state index contributed by atoms with van der Waals surface area (Å²) >= 11 is 0. The first-order chi connectivity index (χ1) is 11.3. The van der Waals surface area contributed by atoms with Crippen LogP contribution in [0.3, 0.4) is 0 Å². The lowest BCUT2D eigenvalue weighted by Crippen LogP contribution is -1.96. The topological polar surface area (TPSA) is 46.5 Å². The second-order valence-corrected chi connectivity index (χ2v) is 5.16. The molecule has 3 heteroatoms. The van der Waals surface area contributed by atoms with E-state index in [9.17, 15) is 9.90 Å². The van der Waals surface area contributed by atoms with E-state index >= 15 is 0 Å². The largest absolute Gasteiger partial charge is 0.507 e. The molecule has 0 radical (unpaired) electrons. The van der Waals surface area contributed by atoms with E-state index in [0.717, 1.165) is 22.4 Å². The van der Waals surface area contributed by atoms with Crippen LogP contribution in [0.1, 0.15) is 15.9 Å². The van der Waals surface area contributed by atoms with Gasteiger partial charge in [0.1, 0.15) is 18.1 Å². The lowest BCUT2D eigenvalue weighted by molar-refractivity contribution is 0.112. The van der Waals surface area contributed by atoms with Crippen molar-refractivity contribution in [2.45, 2.75) is 6.61 Å². The zero-order valence-electron chi connectivity index (χ0n) is 12.5. The molecule has 0 saturated heterocycles. The highest BCUT2D eigenvalue weighted by Crippen LogP contribution is 2.33. The fourth-order valence-electron chi connectivity index (χ4n) is 2.38. The summed E-state index contributed by atoms with van der Waals surface area (Å²) in [5, 5.41) is 9.88. The Hall–Kier alpha value is -3.07. The van der Waals surface area contributed by atoms with Crippen molar-refractivity contribution >= 4 is 6.29 Å². The zero-order chi connectivity index (χ0) is 16.1. The van der Waals surface area contributed by atoms with Crippen molar-refractivity contribution in [1.82, 2.24) is 0 Å². The van der Waals surface area contributed by atoms with Crippen molar-refractivity contribution in [1.29, 1.82) is 0 Å². The van der Waals surface area contributed by atoms with E-state index in [-0.39, 0.29) is 11.3 Å². The minimum atomic E-state index is -0.0321. The van der Waals surface area contributed by atoms with Gasteiger partial charge in [-0.2, -0.15) is 0 Å². The van der Waals surface area contributed by atoms with Gasteiger partial charge in [0, 0.05) is 5.56 Å². The molecule has 0 aliphatic heterocycles. The Kier molecular flexibility index (Phi) is 4.39. The Labute approximate surface area is 134 Å². The average molecular weight is 304 g/mol. The summed E-state index contributed by atoms with van der Waals surface area (Å²) in [5.74, 6) is 0.699. The fourth-order valence-corrected chi connectivity index (χ4v) is 2.38. The lowest BCUT2D eigenvalue weighted by atomic mass is 10.0. The lowest BCUT2D eigenvalue weighted by Gasteiger charge is -2.12. The van der Waals surface area contributed by atoms with Gasteiger partial charge in [-0.15, -0.1) is 0 Å². The predicted octanol–water partition coefficient (Wildman–Crippen LogP) is 4.45. The van der Waals surface area contributed by atoms with Crippen molar-refractivity contribution in [2.24, 2.45) is 0 Å². The molecule has 0 fully saturated rings. The van der Waals surface area contributed by atoms with E-state index in [0.29, 0.717) is 12.9 Å². The van der Waals surface area contributed by atoms with Gasteiger partial charge in [-0.25, -0.2) is 0 Å². The van der Waals surface area contributed by atoms with Crippen LogP contribution in [0.4, 0.5) is 0 Å². The Bertz CT molecular complexity index is 810. The number of hydrogen-bond acceptors (Lipinski definition) is 3. The molecule has 0 aromatic heterocycles. The summed E-state index contributed by atoms with van der Waals surface area (Å²) in [6.07, 6.45) is 0.636. The molecule has 114 valence electrons. The Morgan fingerprint density at radius 1 is 0.913 bits per heavy atom. The highest BCUT2D eigenvalue weighted by Gasteiger charge is 2.09. The quantitative estimate of drug-likeness (QED) is 0.708. The maximum absolute atomic E-state index is 10.8. The van der Waals surface area contributed by atoms with Gasteiger partial charge in [0.15, 0.2) is 6.29 Å². The first-order valence-electron chi connectivity index (χ1n) is 7.32. The van der Waals surface area contributed by atoms with Crippen LogP contribution >= 0.6 is 0 Å². The van der Waals surface area contributed by atoms with Crippen LogP contribution in [0.25, 0.3) is 11.1 Å². The summed E-state index contributed by atoms with van der Waals surface area (Å²) in [5.41, 5.74) is 3.03. The molecular formula is C20H16O3. The van der Waals surface area contributed by atoms with Gasteiger partial charge in [0.25, 0.3) is 0 Å². The Morgan fingerprint density at radius 2 is 1.65 bits per heavy atom. The van der Waals surface area contributed by atoms with Gasteiger partial charge in [0.2, 0.25) is 0 Å². The smallest absolute Gasteiger partial charge is 0.153 e. The maximum Gasteiger partial charge on any atom is 0.153 e. The number of rotatable bonds is 5. The molecule has 0 unspecified atom stereocenters. The van der Waals surface area contributed by atoms with Crippen LogP contribution in [-0.2, 0) is 6.61 Å². The molecular weight excluding hydrogens is 288 g/mol. The predicted molar refractivity (Wildman–Crippen MR) is 89.7 cm³/mol. The summed E-state index contributed by atoms with van der Waals surface area (Å²) in [7, 11) is 0. The number of hydrogen-bond donors (Lipinski definition) is 1. The number of aldehydes is 1. The van der Waals surface area contributed by atoms with Crippen LogP contribution < -0.4 is 4.74 Å². The van der Waals surface area contributed by atoms with Gasteiger partial charge in [-0.3, -0.25) is 4.79 Å². The monoisotopic (exact) mass is 304 g/mol. The molecule has 3 rings (SSSR count). The first-order valence-corrected chi connectivity index (χ1v) is 7.32. The Balaban J connectivity index is 1.88. The van der Waals surface area contributed by atoms with Crippen molar-refractivity contribution in [3.8, 4) is 22.6 Å². The zero-order valence-corrected chi connectivity index (χ0v) is 12.5. The molecule has 3 aromatic carbocycles. The van der Waals surface area contributed by atoms with E-state index in [4.69, 9.17) is 4.74 Å². The third-order valence-corrected chi connectivity index (χ3v) is 3.59. The molecule has 0 heterocycles. The van der Waals surface area contributed by atoms with Crippen LogP contribution in [0, 0.1) is 0 Å². The van der Waals surface area contributed by atoms with Crippen LogP contribution in [-0.4, -0.2) is 11.4 Å². The maximum atomic E-state index is 10.8. The first kappa shape index (κ1) is 14.9. The number of phenolic OH excluding ortho intramolecular Hbond substituents is 1. The van der Waals surface area contributed by atoms with E-state index in [1.54, 1.807) is 18.2 Å². The van der Waals surface area contributed by atoms with E-state index < -0.39 is 0 Å². The molecule has 3 nitrogen and oxygen atoms in total. The number of ether oxygens (including phenoxy) is 1. The standard InChI is InChI=1S/C20H16O3/c21-13-17-11-10-16(12-19(17)22)18-8-4-5-9-20(18)23-14-15-6-2-1-3-7-15/h1-13,22H,14H2. The van der Waals surface area contributed by atoms with Gasteiger partial charge in [-0.1, -0.05) is 54.6 Å². The minimum Gasteiger partial charge on any atom is -0.507 e. The number of aromatic hydroxyl groups is 1. The second-order valence-electron chi connectivity index (χ2n) is 5.16. The van der Waals surface area contributed by atoms with Crippen molar-refractivity contribution < 1.29 is 14.6 Å². The number of benzene rings is 3. The molecule has 0 saturated carbocycles. The molecule has 0 amide bonds. The third-order valence-electron chi connectivity index (χ3n) is 3.59. The summed E-state index contributed by atoms with van der Waals surface area (Å²) in [6, 6.07) is 22.5. The van der Waals surface area contributed by atoms with E-state index in [2.05, 4.69) is 0 Å². The SMILES string of the molecule is O=Cc1ccc(-c2ccccc2OCc2ccccc2)cc1O. The second kappa shape index (κ2) is 6.79. The van der Waals surface area contributed by atoms with Crippen molar-refractivity contribution in [3.63, 3.8) is 0 Å². The van der Waals surface area contributed by atoms with Crippen molar-refractivity contribution in [3.05, 3.63) is 83.9 Å². The molecule has 0 aliphatic rings. The number of phenols is 1. The van der Waals surface area contributed by atoms with E-state index in [1.165, 1.54) is 0 Å². The minimum absolute atomic E-state index is 0.0321. The summed E-state index contributed by atoms with van der Waals surface area (Å²) in [6.45, 7) is 0.469. The molecule has 0 bridgehead atoms. The van der Waals surface area contributed by atoms with Crippen molar-refractivity contribution in [2.75, 3.05) is 0 Å².